The van der Waals surface area contributed by atoms with Gasteiger partial charge in [0.25, 0.3) is 0 Å². The normalized spacial score (nSPS) is 17.1. The average Bonchev–Trinajstić information content (AvgIpc) is 2.30. The third-order valence-corrected chi connectivity index (χ3v) is 3.46. The highest BCUT2D eigenvalue weighted by atomic mass is 35.5. The van der Waals surface area contributed by atoms with Gasteiger partial charge in [0.15, 0.2) is 0 Å². The SMILES string of the molecule is Cc1cccc(C)c1/C=C/C1CCNCC1.Cl. The lowest BCUT2D eigenvalue weighted by Crippen LogP contribution is -2.26. The summed E-state index contributed by atoms with van der Waals surface area (Å²) in [6, 6.07) is 6.51. The smallest absolute Gasteiger partial charge is 0.00433 e. The number of piperidine rings is 1. The fourth-order valence-electron chi connectivity index (χ4n) is 2.36. The van der Waals surface area contributed by atoms with Crippen LogP contribution in [-0.4, -0.2) is 13.1 Å². The van der Waals surface area contributed by atoms with E-state index in [1.165, 1.54) is 42.6 Å². The van der Waals surface area contributed by atoms with E-state index < -0.39 is 0 Å². The monoisotopic (exact) mass is 251 g/mol. The van der Waals surface area contributed by atoms with E-state index in [4.69, 9.17) is 0 Å². The molecule has 94 valence electrons. The Labute approximate surface area is 111 Å². The first-order valence-corrected chi connectivity index (χ1v) is 6.22. The second-order valence-corrected chi connectivity index (χ2v) is 4.75. The van der Waals surface area contributed by atoms with Crippen molar-refractivity contribution in [2.24, 2.45) is 5.92 Å². The maximum Gasteiger partial charge on any atom is -0.00433 e. The number of halogens is 1. The van der Waals surface area contributed by atoms with Crippen LogP contribution in [0.1, 0.15) is 29.5 Å². The predicted octanol–water partition coefficient (Wildman–Crippen LogP) is 3.74. The van der Waals surface area contributed by atoms with E-state index in [9.17, 15) is 0 Å². The largest absolute Gasteiger partial charge is 0.317 e. The molecule has 1 heterocycles. The maximum atomic E-state index is 3.40. The van der Waals surface area contributed by atoms with Crippen LogP contribution in [0, 0.1) is 19.8 Å². The highest BCUT2D eigenvalue weighted by Gasteiger charge is 2.09. The summed E-state index contributed by atoms with van der Waals surface area (Å²) in [5, 5.41) is 3.40. The van der Waals surface area contributed by atoms with E-state index in [1.54, 1.807) is 0 Å². The Balaban J connectivity index is 0.00000144. The molecule has 1 aliphatic heterocycles. The lowest BCUT2D eigenvalue weighted by molar-refractivity contribution is 0.438. The Hall–Kier alpha value is -0.790. The van der Waals surface area contributed by atoms with Gasteiger partial charge in [-0.15, -0.1) is 12.4 Å². The first-order chi connectivity index (χ1) is 7.77. The van der Waals surface area contributed by atoms with Gasteiger partial charge in [-0.25, -0.2) is 0 Å². The number of benzene rings is 1. The van der Waals surface area contributed by atoms with Crippen LogP contribution >= 0.6 is 12.4 Å². The van der Waals surface area contributed by atoms with Gasteiger partial charge in [0.1, 0.15) is 0 Å². The van der Waals surface area contributed by atoms with Crippen LogP contribution < -0.4 is 5.32 Å². The number of aryl methyl sites for hydroxylation is 2. The van der Waals surface area contributed by atoms with Crippen molar-refractivity contribution < 1.29 is 0 Å². The molecule has 1 aliphatic rings. The Bertz CT molecular complexity index is 358. The third kappa shape index (κ3) is 3.86. The average molecular weight is 252 g/mol. The summed E-state index contributed by atoms with van der Waals surface area (Å²) >= 11 is 0. The van der Waals surface area contributed by atoms with Gasteiger partial charge < -0.3 is 5.32 Å². The molecule has 1 nitrogen and oxygen atoms in total. The van der Waals surface area contributed by atoms with E-state index in [0.717, 1.165) is 5.92 Å². The van der Waals surface area contributed by atoms with Gasteiger partial charge in [-0.05, 0) is 62.4 Å². The summed E-state index contributed by atoms with van der Waals surface area (Å²) in [7, 11) is 0. The van der Waals surface area contributed by atoms with Crippen molar-refractivity contribution >= 4 is 18.5 Å². The van der Waals surface area contributed by atoms with Gasteiger partial charge in [-0.3, -0.25) is 0 Å². The Morgan fingerprint density at radius 1 is 1.12 bits per heavy atom. The van der Waals surface area contributed by atoms with Crippen molar-refractivity contribution in [2.45, 2.75) is 26.7 Å². The summed E-state index contributed by atoms with van der Waals surface area (Å²) in [6.07, 6.45) is 7.28. The van der Waals surface area contributed by atoms with Crippen molar-refractivity contribution in [1.82, 2.24) is 5.32 Å². The quantitative estimate of drug-likeness (QED) is 0.845. The molecule has 0 aromatic heterocycles. The summed E-state index contributed by atoms with van der Waals surface area (Å²) in [4.78, 5) is 0. The molecule has 17 heavy (non-hydrogen) atoms. The molecule has 0 saturated carbocycles. The highest BCUT2D eigenvalue weighted by molar-refractivity contribution is 5.85. The van der Waals surface area contributed by atoms with Crippen LogP contribution in [0.15, 0.2) is 24.3 Å². The molecule has 1 aromatic carbocycles. The molecule has 0 amide bonds. The number of nitrogens with one attached hydrogen (secondary N) is 1. The zero-order valence-corrected chi connectivity index (χ0v) is 11.5. The molecule has 0 aliphatic carbocycles. The van der Waals surface area contributed by atoms with E-state index in [0.29, 0.717) is 0 Å². The highest BCUT2D eigenvalue weighted by Crippen LogP contribution is 2.19. The number of rotatable bonds is 2. The Kier molecular flexibility index (Phi) is 5.73. The first kappa shape index (κ1) is 14.3. The van der Waals surface area contributed by atoms with Crippen molar-refractivity contribution in [1.29, 1.82) is 0 Å². The molecule has 1 aromatic rings. The van der Waals surface area contributed by atoms with Crippen LogP contribution in [0.3, 0.4) is 0 Å². The van der Waals surface area contributed by atoms with Gasteiger partial charge >= 0.3 is 0 Å². The zero-order chi connectivity index (χ0) is 11.4. The van der Waals surface area contributed by atoms with E-state index in [-0.39, 0.29) is 12.4 Å². The zero-order valence-electron chi connectivity index (χ0n) is 10.7. The van der Waals surface area contributed by atoms with Crippen LogP contribution in [0.4, 0.5) is 0 Å². The number of allylic oxidation sites excluding steroid dienone is 1. The van der Waals surface area contributed by atoms with Gasteiger partial charge in [0, 0.05) is 0 Å². The van der Waals surface area contributed by atoms with Crippen LogP contribution in [0.5, 0.6) is 0 Å². The van der Waals surface area contributed by atoms with E-state index in [2.05, 4.69) is 49.5 Å². The van der Waals surface area contributed by atoms with E-state index >= 15 is 0 Å². The van der Waals surface area contributed by atoms with Crippen LogP contribution in [0.25, 0.3) is 6.08 Å². The molecule has 1 saturated heterocycles. The number of hydrogen-bond acceptors (Lipinski definition) is 1. The van der Waals surface area contributed by atoms with Gasteiger partial charge in [-0.1, -0.05) is 30.4 Å². The first-order valence-electron chi connectivity index (χ1n) is 6.22. The molecular formula is C15H22ClN. The van der Waals surface area contributed by atoms with Gasteiger partial charge in [0.2, 0.25) is 0 Å². The fourth-order valence-corrected chi connectivity index (χ4v) is 2.36. The molecule has 2 heteroatoms. The molecule has 0 unspecified atom stereocenters. The van der Waals surface area contributed by atoms with Crippen molar-refractivity contribution in [3.63, 3.8) is 0 Å². The molecule has 0 radical (unpaired) electrons. The minimum atomic E-state index is 0. The lowest BCUT2D eigenvalue weighted by Gasteiger charge is -2.19. The van der Waals surface area contributed by atoms with Crippen molar-refractivity contribution in [2.75, 3.05) is 13.1 Å². The predicted molar refractivity (Wildman–Crippen MR) is 77.8 cm³/mol. The minimum Gasteiger partial charge on any atom is -0.317 e. The van der Waals surface area contributed by atoms with Gasteiger partial charge in [0.05, 0.1) is 0 Å². The summed E-state index contributed by atoms with van der Waals surface area (Å²) in [5.74, 6) is 0.764. The van der Waals surface area contributed by atoms with Crippen LogP contribution in [0.2, 0.25) is 0 Å². The minimum absolute atomic E-state index is 0. The topological polar surface area (TPSA) is 12.0 Å². The standard InChI is InChI=1S/C15H21N.ClH/c1-12-4-3-5-13(2)15(12)7-6-14-8-10-16-11-9-14;/h3-7,14,16H,8-11H2,1-2H3;1H/b7-6+;. The van der Waals surface area contributed by atoms with Crippen molar-refractivity contribution in [3.05, 3.63) is 41.0 Å². The molecule has 0 bridgehead atoms. The Morgan fingerprint density at radius 3 is 2.29 bits per heavy atom. The fraction of sp³-hybridized carbons (Fsp3) is 0.467. The molecular weight excluding hydrogens is 230 g/mol. The molecule has 1 N–H and O–H groups in total. The molecule has 0 atom stereocenters. The van der Waals surface area contributed by atoms with Gasteiger partial charge in [-0.2, -0.15) is 0 Å². The Morgan fingerprint density at radius 2 is 1.71 bits per heavy atom. The number of hydrogen-bond donors (Lipinski definition) is 1. The molecule has 2 rings (SSSR count). The summed E-state index contributed by atoms with van der Waals surface area (Å²) < 4.78 is 0. The van der Waals surface area contributed by atoms with Crippen molar-refractivity contribution in [3.8, 4) is 0 Å². The third-order valence-electron chi connectivity index (χ3n) is 3.46. The maximum absolute atomic E-state index is 3.40. The molecule has 0 spiro atoms. The second kappa shape index (κ2) is 6.83. The second-order valence-electron chi connectivity index (χ2n) is 4.75. The van der Waals surface area contributed by atoms with Crippen LogP contribution in [-0.2, 0) is 0 Å². The van der Waals surface area contributed by atoms with E-state index in [1.807, 2.05) is 0 Å². The molecule has 1 fully saturated rings. The summed E-state index contributed by atoms with van der Waals surface area (Å²) in [5.41, 5.74) is 4.16. The lowest BCUT2D eigenvalue weighted by atomic mass is 9.95. The summed E-state index contributed by atoms with van der Waals surface area (Å²) in [6.45, 7) is 6.72.